The molecule has 0 aliphatic heterocycles. The largest absolute Gasteiger partial charge is 0.309 e. The molecule has 0 bridgehead atoms. The fraction of sp³-hybridized carbons (Fsp3) is 0. The van der Waals surface area contributed by atoms with Crippen molar-refractivity contribution in [1.29, 1.82) is 0 Å². The quantitative estimate of drug-likeness (QED) is 0.116. The summed E-state index contributed by atoms with van der Waals surface area (Å²) in [5.41, 5.74) is 33.7. The molecule has 4 nitrogen and oxygen atoms in total. The standard InChI is InChI=1S/2C54H36N2/c1-4-13-37(14-5-1)38-23-25-39(26-24-38)40-27-31-45(32-28-40)55-50-21-11-10-19-47(50)48-35-42(29-33-51(48)55)43-30-34-52-49(36-43)54-46(41-15-6-2-7-16-41)20-12-22-53(54)56(52)44-17-8-3-9-18-44;1-4-13-37(14-5-1)38-23-25-39(26-24-38)40-27-29-41(30-28-40)46-20-12-22-53-54(46)49-36-43(32-34-52(49)56(53)45-17-8-3-9-18-45)42-31-33-51-48(35-42)47-19-10-11-21-50(47)55(51)44-15-6-2-7-16-44/h2*1-36H. The normalized spacial score (nSPS) is 11.6. The average molecular weight is 1430 g/mol. The zero-order valence-electron chi connectivity index (χ0n) is 61.4. The summed E-state index contributed by atoms with van der Waals surface area (Å²) in [7, 11) is 0. The molecular formula is C108H72N4. The number of para-hydroxylation sites is 5. The van der Waals surface area contributed by atoms with Gasteiger partial charge < -0.3 is 18.3 Å². The summed E-state index contributed by atoms with van der Waals surface area (Å²) in [6.45, 7) is 0. The molecule has 22 aromatic rings. The van der Waals surface area contributed by atoms with E-state index in [4.69, 9.17) is 0 Å². The molecule has 0 amide bonds. The molecule has 112 heavy (non-hydrogen) atoms. The number of nitrogens with zero attached hydrogens (tertiary/aromatic N) is 4. The van der Waals surface area contributed by atoms with Crippen LogP contribution in [0.25, 0.3) is 199 Å². The summed E-state index contributed by atoms with van der Waals surface area (Å²) < 4.78 is 9.60. The predicted octanol–water partition coefficient (Wildman–Crippen LogP) is 29.1. The van der Waals surface area contributed by atoms with E-state index in [0.717, 1.165) is 17.1 Å². The van der Waals surface area contributed by atoms with Gasteiger partial charge >= 0.3 is 0 Å². The van der Waals surface area contributed by atoms with Crippen LogP contribution < -0.4 is 0 Å². The van der Waals surface area contributed by atoms with Crippen LogP contribution in [0.5, 0.6) is 0 Å². The first-order chi connectivity index (χ1) is 55.6. The molecule has 0 spiro atoms. The van der Waals surface area contributed by atoms with Gasteiger partial charge in [0, 0.05) is 65.8 Å². The fourth-order valence-corrected chi connectivity index (χ4v) is 17.4. The van der Waals surface area contributed by atoms with Crippen molar-refractivity contribution in [3.63, 3.8) is 0 Å². The minimum atomic E-state index is 1.15. The van der Waals surface area contributed by atoms with Crippen molar-refractivity contribution >= 4 is 87.2 Å². The molecule has 0 saturated heterocycles. The van der Waals surface area contributed by atoms with Gasteiger partial charge in [0.2, 0.25) is 0 Å². The van der Waals surface area contributed by atoms with Crippen LogP contribution in [-0.2, 0) is 0 Å². The fourth-order valence-electron chi connectivity index (χ4n) is 17.4. The van der Waals surface area contributed by atoms with E-state index in [1.807, 2.05) is 0 Å². The number of aromatic nitrogens is 4. The first-order valence-electron chi connectivity index (χ1n) is 38.5. The zero-order chi connectivity index (χ0) is 74.0. The molecule has 0 N–H and O–H groups in total. The summed E-state index contributed by atoms with van der Waals surface area (Å²) in [5.74, 6) is 0. The van der Waals surface area contributed by atoms with E-state index in [1.165, 1.54) is 182 Å². The first-order valence-corrected chi connectivity index (χ1v) is 38.5. The maximum atomic E-state index is 2.41. The van der Waals surface area contributed by atoms with Crippen molar-refractivity contribution in [3.8, 4) is 112 Å². The number of rotatable bonds is 12. The van der Waals surface area contributed by atoms with Crippen molar-refractivity contribution in [2.24, 2.45) is 0 Å². The number of benzene rings is 18. The topological polar surface area (TPSA) is 19.7 Å². The van der Waals surface area contributed by atoms with E-state index in [0.29, 0.717) is 0 Å². The van der Waals surface area contributed by atoms with Gasteiger partial charge in [0.15, 0.2) is 0 Å². The van der Waals surface area contributed by atoms with Crippen molar-refractivity contribution in [1.82, 2.24) is 18.3 Å². The predicted molar refractivity (Wildman–Crippen MR) is 474 cm³/mol. The summed E-state index contributed by atoms with van der Waals surface area (Å²) in [4.78, 5) is 0. The molecule has 4 heteroatoms. The Morgan fingerprint density at radius 1 is 0.116 bits per heavy atom. The monoisotopic (exact) mass is 1420 g/mol. The van der Waals surface area contributed by atoms with E-state index in [2.05, 4.69) is 455 Å². The number of hydrogen-bond donors (Lipinski definition) is 0. The molecule has 18 aromatic carbocycles. The number of fused-ring (bicyclic) bond motifs is 12. The van der Waals surface area contributed by atoms with Crippen molar-refractivity contribution < 1.29 is 0 Å². The van der Waals surface area contributed by atoms with Gasteiger partial charge in [-0.3, -0.25) is 0 Å². The maximum absolute atomic E-state index is 2.41. The van der Waals surface area contributed by atoms with Crippen LogP contribution in [-0.4, -0.2) is 18.3 Å². The maximum Gasteiger partial charge on any atom is 0.0547 e. The molecule has 0 saturated carbocycles. The Bertz CT molecular complexity index is 7260. The molecule has 22 rings (SSSR count). The van der Waals surface area contributed by atoms with Gasteiger partial charge in [0.1, 0.15) is 0 Å². The molecule has 0 unspecified atom stereocenters. The summed E-state index contributed by atoms with van der Waals surface area (Å²) in [6.07, 6.45) is 0. The Morgan fingerprint density at radius 3 is 0.679 bits per heavy atom. The van der Waals surface area contributed by atoms with Crippen LogP contribution in [0.2, 0.25) is 0 Å². The second-order valence-corrected chi connectivity index (χ2v) is 29.1. The lowest BCUT2D eigenvalue weighted by atomic mass is 9.95. The van der Waals surface area contributed by atoms with Gasteiger partial charge in [-0.1, -0.05) is 315 Å². The highest BCUT2D eigenvalue weighted by Crippen LogP contribution is 2.45. The van der Waals surface area contributed by atoms with E-state index in [9.17, 15) is 0 Å². The van der Waals surface area contributed by atoms with E-state index < -0.39 is 0 Å². The van der Waals surface area contributed by atoms with Crippen LogP contribution in [0, 0.1) is 0 Å². The van der Waals surface area contributed by atoms with Crippen molar-refractivity contribution in [3.05, 3.63) is 437 Å². The first kappa shape index (κ1) is 65.5. The lowest BCUT2D eigenvalue weighted by molar-refractivity contribution is 1.18. The molecule has 0 aliphatic rings. The summed E-state index contributed by atoms with van der Waals surface area (Å²) >= 11 is 0. The minimum Gasteiger partial charge on any atom is -0.309 e. The molecule has 0 atom stereocenters. The summed E-state index contributed by atoms with van der Waals surface area (Å²) in [5, 5.41) is 10.0. The molecular weight excluding hydrogens is 1350 g/mol. The van der Waals surface area contributed by atoms with Gasteiger partial charge in [-0.2, -0.15) is 0 Å². The third kappa shape index (κ3) is 11.5. The average Bonchev–Trinajstić information content (AvgIpc) is 1.58. The van der Waals surface area contributed by atoms with Crippen LogP contribution in [0.4, 0.5) is 0 Å². The van der Waals surface area contributed by atoms with E-state index in [-0.39, 0.29) is 0 Å². The molecule has 0 fully saturated rings. The summed E-state index contributed by atoms with van der Waals surface area (Å²) in [6, 6.07) is 159. The van der Waals surface area contributed by atoms with Gasteiger partial charge in [-0.05, 0) is 210 Å². The van der Waals surface area contributed by atoms with Gasteiger partial charge in [0.05, 0.1) is 44.1 Å². The minimum absolute atomic E-state index is 1.15. The highest BCUT2D eigenvalue weighted by atomic mass is 15.0. The van der Waals surface area contributed by atoms with Crippen molar-refractivity contribution in [2.75, 3.05) is 0 Å². The lowest BCUT2D eigenvalue weighted by Gasteiger charge is -2.11. The molecule has 4 aromatic heterocycles. The highest BCUT2D eigenvalue weighted by molar-refractivity contribution is 6.19. The van der Waals surface area contributed by atoms with Gasteiger partial charge in [-0.15, -0.1) is 0 Å². The second kappa shape index (κ2) is 27.7. The van der Waals surface area contributed by atoms with Gasteiger partial charge in [-0.25, -0.2) is 0 Å². The highest BCUT2D eigenvalue weighted by Gasteiger charge is 2.22. The van der Waals surface area contributed by atoms with Crippen LogP contribution in [0.1, 0.15) is 0 Å². The van der Waals surface area contributed by atoms with Crippen LogP contribution >= 0.6 is 0 Å². The number of hydrogen-bond acceptors (Lipinski definition) is 0. The molecule has 0 aliphatic carbocycles. The lowest BCUT2D eigenvalue weighted by Crippen LogP contribution is -1.94. The van der Waals surface area contributed by atoms with E-state index >= 15 is 0 Å². The van der Waals surface area contributed by atoms with Gasteiger partial charge in [0.25, 0.3) is 0 Å². The third-order valence-corrected chi connectivity index (χ3v) is 22.7. The Labute approximate surface area is 649 Å². The van der Waals surface area contributed by atoms with E-state index in [1.54, 1.807) is 0 Å². The molecule has 4 heterocycles. The molecule has 0 radical (unpaired) electrons. The Kier molecular flexibility index (Phi) is 16.2. The van der Waals surface area contributed by atoms with Crippen molar-refractivity contribution in [2.45, 2.75) is 0 Å². The Morgan fingerprint density at radius 2 is 0.330 bits per heavy atom. The Hall–Kier alpha value is -14.8. The molecule has 524 valence electrons. The second-order valence-electron chi connectivity index (χ2n) is 29.1. The van der Waals surface area contributed by atoms with Crippen LogP contribution in [0.3, 0.4) is 0 Å². The third-order valence-electron chi connectivity index (χ3n) is 22.7. The zero-order valence-corrected chi connectivity index (χ0v) is 61.4. The van der Waals surface area contributed by atoms with Crippen LogP contribution in [0.15, 0.2) is 437 Å². The SMILES string of the molecule is c1ccc(-c2ccc(-c3ccc(-c4cccc5c4c4cc(-c6ccc7c(c6)c6ccccc6n7-c6ccccc6)ccc4n5-c4ccccc4)cc3)cc2)cc1.c1ccc(-c2ccc(-c3ccc(-n4c5ccccc5c5cc(-c6ccc7c(c6)c6c(-c8ccccc8)cccc6n7-c6ccccc6)ccc54)cc3)cc2)cc1. The smallest absolute Gasteiger partial charge is 0.0547 e. The Balaban J connectivity index is 0.000000141.